The average Bonchev–Trinajstić information content (AvgIpc) is 2.71. The summed E-state index contributed by atoms with van der Waals surface area (Å²) < 4.78 is 0. The summed E-state index contributed by atoms with van der Waals surface area (Å²) in [5, 5.41) is 8.95. The van der Waals surface area contributed by atoms with Gasteiger partial charge in [-0.1, -0.05) is 76.7 Å². The molecule has 0 fully saturated rings. The van der Waals surface area contributed by atoms with E-state index in [-0.39, 0.29) is 5.92 Å². The van der Waals surface area contributed by atoms with Crippen LogP contribution in [0.4, 0.5) is 0 Å². The van der Waals surface area contributed by atoms with Crippen LogP contribution in [0.15, 0.2) is 34.4 Å². The van der Waals surface area contributed by atoms with Gasteiger partial charge in [0.1, 0.15) is 0 Å². The van der Waals surface area contributed by atoms with Gasteiger partial charge in [0.15, 0.2) is 0 Å². The lowest BCUT2D eigenvalue weighted by Gasteiger charge is -2.23. The summed E-state index contributed by atoms with van der Waals surface area (Å²) >= 11 is 0. The number of carboxylic acids is 1. The lowest BCUT2D eigenvalue weighted by atomic mass is 9.82. The summed E-state index contributed by atoms with van der Waals surface area (Å²) in [5.41, 5.74) is 6.18. The topological polar surface area (TPSA) is 37.3 Å². The standard InChI is InChI=1S/C29H50O2/c1-21(11-8-12-22(2)15-10-16-25(5)29(30)31)13-9-14-23(3)17-19-28-20-18-24(4)26(6)27(28)7/h15,20-21,23-25H,8-14,16-19H2,1-7H3,(H,30,31)/b22-15+. The van der Waals surface area contributed by atoms with E-state index in [0.29, 0.717) is 0 Å². The highest BCUT2D eigenvalue weighted by Gasteiger charge is 2.16. The molecule has 0 heterocycles. The summed E-state index contributed by atoms with van der Waals surface area (Å²) in [4.78, 5) is 10.9. The van der Waals surface area contributed by atoms with E-state index in [0.717, 1.165) is 37.0 Å². The van der Waals surface area contributed by atoms with E-state index in [1.165, 1.54) is 56.9 Å². The van der Waals surface area contributed by atoms with E-state index in [4.69, 9.17) is 5.11 Å². The molecular weight excluding hydrogens is 380 g/mol. The van der Waals surface area contributed by atoms with E-state index in [9.17, 15) is 4.79 Å². The number of hydrogen-bond acceptors (Lipinski definition) is 1. The number of carboxylic acid groups (broad SMARTS) is 1. The van der Waals surface area contributed by atoms with Crippen molar-refractivity contribution in [1.82, 2.24) is 0 Å². The van der Waals surface area contributed by atoms with Crippen molar-refractivity contribution in [3.63, 3.8) is 0 Å². The van der Waals surface area contributed by atoms with Gasteiger partial charge in [0.2, 0.25) is 0 Å². The Kier molecular flexibility index (Phi) is 13.1. The molecule has 1 N–H and O–H groups in total. The van der Waals surface area contributed by atoms with Gasteiger partial charge >= 0.3 is 5.97 Å². The zero-order chi connectivity index (χ0) is 23.4. The molecule has 2 heteroatoms. The quantitative estimate of drug-likeness (QED) is 0.263. The molecule has 1 aliphatic rings. The Hall–Kier alpha value is -1.31. The molecule has 0 saturated heterocycles. The summed E-state index contributed by atoms with van der Waals surface area (Å²) in [7, 11) is 0. The molecule has 0 bridgehead atoms. The Morgan fingerprint density at radius 3 is 2.32 bits per heavy atom. The molecule has 2 nitrogen and oxygen atoms in total. The monoisotopic (exact) mass is 430 g/mol. The third-order valence-corrected chi connectivity index (χ3v) is 7.61. The second-order valence-corrected chi connectivity index (χ2v) is 10.6. The second-order valence-electron chi connectivity index (χ2n) is 10.6. The first kappa shape index (κ1) is 27.7. The maximum atomic E-state index is 10.9. The summed E-state index contributed by atoms with van der Waals surface area (Å²) in [6.45, 7) is 15.8. The highest BCUT2D eigenvalue weighted by molar-refractivity contribution is 5.69. The van der Waals surface area contributed by atoms with Crippen LogP contribution in [0.25, 0.3) is 0 Å². The Bertz CT molecular complexity index is 637. The first-order valence-electron chi connectivity index (χ1n) is 12.9. The van der Waals surface area contributed by atoms with Crippen molar-refractivity contribution < 1.29 is 9.90 Å². The lowest BCUT2D eigenvalue weighted by Crippen LogP contribution is -2.08. The van der Waals surface area contributed by atoms with Crippen LogP contribution >= 0.6 is 0 Å². The fraction of sp³-hybridized carbons (Fsp3) is 0.759. The SMILES string of the molecule is CC1=C(C)C(C)CC=C1CCC(C)CCCC(C)CCC/C(C)=C/CCC(C)C(=O)O. The van der Waals surface area contributed by atoms with Crippen LogP contribution in [0, 0.1) is 23.7 Å². The van der Waals surface area contributed by atoms with Crippen molar-refractivity contribution >= 4 is 5.97 Å². The third-order valence-electron chi connectivity index (χ3n) is 7.61. The minimum Gasteiger partial charge on any atom is -0.481 e. The van der Waals surface area contributed by atoms with Gasteiger partial charge < -0.3 is 5.11 Å². The van der Waals surface area contributed by atoms with Crippen molar-refractivity contribution in [2.24, 2.45) is 23.7 Å². The first-order valence-corrected chi connectivity index (χ1v) is 12.9. The predicted octanol–water partition coefficient (Wildman–Crippen LogP) is 9.13. The molecule has 0 amide bonds. The van der Waals surface area contributed by atoms with Crippen LogP contribution in [0.3, 0.4) is 0 Å². The van der Waals surface area contributed by atoms with E-state index in [1.807, 2.05) is 0 Å². The molecule has 0 aromatic carbocycles. The third kappa shape index (κ3) is 11.2. The molecule has 0 aromatic rings. The summed E-state index contributed by atoms with van der Waals surface area (Å²) in [6, 6.07) is 0. The van der Waals surface area contributed by atoms with E-state index < -0.39 is 5.97 Å². The first-order chi connectivity index (χ1) is 14.6. The number of aliphatic carboxylic acids is 1. The number of rotatable bonds is 15. The molecule has 0 saturated carbocycles. The van der Waals surface area contributed by atoms with Gasteiger partial charge in [0.05, 0.1) is 5.92 Å². The van der Waals surface area contributed by atoms with Crippen LogP contribution < -0.4 is 0 Å². The van der Waals surface area contributed by atoms with Crippen molar-refractivity contribution in [3.8, 4) is 0 Å². The van der Waals surface area contributed by atoms with Crippen LogP contribution in [-0.4, -0.2) is 11.1 Å². The van der Waals surface area contributed by atoms with Crippen LogP contribution in [0.1, 0.15) is 119 Å². The molecule has 178 valence electrons. The zero-order valence-corrected chi connectivity index (χ0v) is 21.6. The maximum Gasteiger partial charge on any atom is 0.306 e. The fourth-order valence-corrected chi connectivity index (χ4v) is 4.60. The smallest absolute Gasteiger partial charge is 0.306 e. The van der Waals surface area contributed by atoms with Crippen LogP contribution in [0.2, 0.25) is 0 Å². The Morgan fingerprint density at radius 2 is 1.68 bits per heavy atom. The normalized spacial score (nSPS) is 20.4. The van der Waals surface area contributed by atoms with Crippen molar-refractivity contribution in [2.45, 2.75) is 119 Å². The zero-order valence-electron chi connectivity index (χ0n) is 21.6. The minimum absolute atomic E-state index is 0.237. The Labute approximate surface area is 193 Å². The molecule has 1 rings (SSSR count). The van der Waals surface area contributed by atoms with Crippen molar-refractivity contribution in [2.75, 3.05) is 0 Å². The van der Waals surface area contributed by atoms with Gasteiger partial charge in [-0.25, -0.2) is 0 Å². The van der Waals surface area contributed by atoms with Gasteiger partial charge in [0.25, 0.3) is 0 Å². The largest absolute Gasteiger partial charge is 0.481 e. The molecule has 0 spiro atoms. The lowest BCUT2D eigenvalue weighted by molar-refractivity contribution is -0.141. The molecule has 0 aromatic heterocycles. The number of allylic oxidation sites excluding steroid dienone is 6. The Balaban J connectivity index is 2.14. The highest BCUT2D eigenvalue weighted by Crippen LogP contribution is 2.32. The fourth-order valence-electron chi connectivity index (χ4n) is 4.60. The highest BCUT2D eigenvalue weighted by atomic mass is 16.4. The molecular formula is C29H50O2. The van der Waals surface area contributed by atoms with Crippen molar-refractivity contribution in [3.05, 3.63) is 34.4 Å². The van der Waals surface area contributed by atoms with Crippen molar-refractivity contribution in [1.29, 1.82) is 0 Å². The van der Waals surface area contributed by atoms with Gasteiger partial charge in [-0.05, 0) is 94.6 Å². The predicted molar refractivity (Wildman–Crippen MR) is 135 cm³/mol. The number of carbonyl (C=O) groups is 1. The summed E-state index contributed by atoms with van der Waals surface area (Å²) in [6.07, 6.45) is 17.9. The average molecular weight is 431 g/mol. The summed E-state index contributed by atoms with van der Waals surface area (Å²) in [5.74, 6) is 1.43. The number of hydrogen-bond donors (Lipinski definition) is 1. The van der Waals surface area contributed by atoms with Crippen LogP contribution in [-0.2, 0) is 4.79 Å². The maximum absolute atomic E-state index is 10.9. The van der Waals surface area contributed by atoms with Crippen LogP contribution in [0.5, 0.6) is 0 Å². The molecule has 0 radical (unpaired) electrons. The van der Waals surface area contributed by atoms with Gasteiger partial charge in [-0.2, -0.15) is 0 Å². The van der Waals surface area contributed by atoms with Gasteiger partial charge in [-0.3, -0.25) is 4.79 Å². The second kappa shape index (κ2) is 14.7. The molecule has 1 aliphatic carbocycles. The van der Waals surface area contributed by atoms with Gasteiger partial charge in [0, 0.05) is 0 Å². The molecule has 4 unspecified atom stereocenters. The van der Waals surface area contributed by atoms with E-state index in [1.54, 1.807) is 23.6 Å². The molecule has 0 aliphatic heterocycles. The minimum atomic E-state index is -0.683. The molecule has 31 heavy (non-hydrogen) atoms. The van der Waals surface area contributed by atoms with Gasteiger partial charge in [-0.15, -0.1) is 0 Å². The Morgan fingerprint density at radius 1 is 1.06 bits per heavy atom. The van der Waals surface area contributed by atoms with E-state index in [2.05, 4.69) is 53.7 Å². The van der Waals surface area contributed by atoms with E-state index >= 15 is 0 Å². The molecule has 4 atom stereocenters.